The summed E-state index contributed by atoms with van der Waals surface area (Å²) in [5.41, 5.74) is 0. The van der Waals surface area contributed by atoms with E-state index in [4.69, 9.17) is 0 Å². The number of anilines is 1. The van der Waals surface area contributed by atoms with E-state index in [-0.39, 0.29) is 0 Å². The van der Waals surface area contributed by atoms with E-state index in [0.29, 0.717) is 0 Å². The third kappa shape index (κ3) is 2.66. The fraction of sp³-hybridized carbons (Fsp3) is 0.231. The van der Waals surface area contributed by atoms with Crippen molar-refractivity contribution in [1.82, 2.24) is 29.1 Å². The number of hydrogen-bond donors (Lipinski definition) is 1. The molecule has 3 rings (SSSR count). The number of aromatic nitrogens is 6. The largest absolute Gasteiger partial charge is 0.367 e. The summed E-state index contributed by atoms with van der Waals surface area (Å²) in [6.07, 6.45) is 12.5. The van der Waals surface area contributed by atoms with Crippen molar-refractivity contribution in [2.45, 2.75) is 13.5 Å². The van der Waals surface area contributed by atoms with Crippen LogP contribution < -0.4 is 5.32 Å². The van der Waals surface area contributed by atoms with Crippen LogP contribution in [0.2, 0.25) is 0 Å². The summed E-state index contributed by atoms with van der Waals surface area (Å²) in [7, 11) is 0. The second kappa shape index (κ2) is 5.52. The molecule has 0 unspecified atom stereocenters. The molecule has 3 heterocycles. The molecule has 0 radical (unpaired) electrons. The lowest BCUT2D eigenvalue weighted by molar-refractivity contribution is 0.724. The Balaban J connectivity index is 1.67. The first kappa shape index (κ1) is 12.3. The molecule has 0 amide bonds. The first-order valence-electron chi connectivity index (χ1n) is 6.35. The number of hydrogen-bond acceptors (Lipinski definition) is 5. The molecular weight excluding hydrogens is 254 g/mol. The highest BCUT2D eigenvalue weighted by atomic mass is 15.2. The topological polar surface area (TPSA) is 73.5 Å². The number of aryl methyl sites for hydroxylation is 1. The van der Waals surface area contributed by atoms with E-state index in [2.05, 4.69) is 25.3 Å². The molecule has 0 spiro atoms. The predicted octanol–water partition coefficient (Wildman–Crippen LogP) is 1.28. The minimum absolute atomic E-state index is 0.746. The van der Waals surface area contributed by atoms with Gasteiger partial charge in [-0.2, -0.15) is 0 Å². The van der Waals surface area contributed by atoms with Crippen LogP contribution in [0.25, 0.3) is 5.82 Å². The van der Waals surface area contributed by atoms with Crippen LogP contribution >= 0.6 is 0 Å². The molecule has 1 N–H and O–H groups in total. The van der Waals surface area contributed by atoms with E-state index in [0.717, 1.165) is 30.5 Å². The van der Waals surface area contributed by atoms with Crippen molar-refractivity contribution in [2.24, 2.45) is 0 Å². The number of rotatable bonds is 5. The molecule has 0 aliphatic carbocycles. The van der Waals surface area contributed by atoms with Crippen LogP contribution in [0.1, 0.15) is 5.82 Å². The van der Waals surface area contributed by atoms with Gasteiger partial charge in [0, 0.05) is 37.9 Å². The van der Waals surface area contributed by atoms with Crippen molar-refractivity contribution in [3.05, 3.63) is 49.3 Å². The summed E-state index contributed by atoms with van der Waals surface area (Å²) in [6, 6.07) is 0. The Hall–Kier alpha value is -2.70. The molecule has 7 heteroatoms. The molecular formula is C13H15N7. The van der Waals surface area contributed by atoms with Crippen molar-refractivity contribution in [2.75, 3.05) is 11.9 Å². The monoisotopic (exact) mass is 269 g/mol. The van der Waals surface area contributed by atoms with E-state index in [1.54, 1.807) is 31.1 Å². The van der Waals surface area contributed by atoms with Crippen molar-refractivity contribution in [3.63, 3.8) is 0 Å². The fourth-order valence-electron chi connectivity index (χ4n) is 1.91. The zero-order valence-electron chi connectivity index (χ0n) is 11.1. The molecule has 0 bridgehead atoms. The Kier molecular flexibility index (Phi) is 3.40. The summed E-state index contributed by atoms with van der Waals surface area (Å²) < 4.78 is 3.90. The molecule has 7 nitrogen and oxygen atoms in total. The van der Waals surface area contributed by atoms with Crippen molar-refractivity contribution >= 4 is 5.82 Å². The highest BCUT2D eigenvalue weighted by molar-refractivity contribution is 5.36. The maximum Gasteiger partial charge on any atom is 0.159 e. The summed E-state index contributed by atoms with van der Waals surface area (Å²) in [4.78, 5) is 16.9. The zero-order valence-corrected chi connectivity index (χ0v) is 11.1. The molecule has 0 aliphatic heterocycles. The molecule has 102 valence electrons. The quantitative estimate of drug-likeness (QED) is 0.755. The van der Waals surface area contributed by atoms with E-state index in [9.17, 15) is 0 Å². The van der Waals surface area contributed by atoms with Crippen LogP contribution in [0.4, 0.5) is 5.82 Å². The van der Waals surface area contributed by atoms with Gasteiger partial charge in [0.1, 0.15) is 11.6 Å². The smallest absolute Gasteiger partial charge is 0.159 e. The van der Waals surface area contributed by atoms with Gasteiger partial charge in [0.05, 0.1) is 18.7 Å². The minimum atomic E-state index is 0.746. The van der Waals surface area contributed by atoms with E-state index < -0.39 is 0 Å². The van der Waals surface area contributed by atoms with Gasteiger partial charge in [-0.3, -0.25) is 9.55 Å². The highest BCUT2D eigenvalue weighted by Gasteiger charge is 2.03. The third-order valence-corrected chi connectivity index (χ3v) is 2.93. The van der Waals surface area contributed by atoms with Gasteiger partial charge < -0.3 is 9.88 Å². The Morgan fingerprint density at radius 1 is 1.15 bits per heavy atom. The van der Waals surface area contributed by atoms with Gasteiger partial charge >= 0.3 is 0 Å². The Morgan fingerprint density at radius 2 is 2.10 bits per heavy atom. The maximum absolute atomic E-state index is 4.52. The standard InChI is InChI=1S/C13H15N7/c1-11-16-4-7-20(11)13-9-15-8-12(18-13)17-3-6-19-5-2-14-10-19/h2,4-5,7-10H,3,6H2,1H3,(H,17,18). The van der Waals surface area contributed by atoms with Gasteiger partial charge in [-0.15, -0.1) is 0 Å². The molecule has 3 aromatic heterocycles. The van der Waals surface area contributed by atoms with Gasteiger partial charge in [0.2, 0.25) is 0 Å². The number of imidazole rings is 2. The van der Waals surface area contributed by atoms with E-state index in [1.165, 1.54) is 0 Å². The Labute approximate surface area is 116 Å². The van der Waals surface area contributed by atoms with Crippen molar-refractivity contribution in [3.8, 4) is 5.82 Å². The summed E-state index contributed by atoms with van der Waals surface area (Å²) in [5, 5.41) is 3.25. The lowest BCUT2D eigenvalue weighted by Crippen LogP contribution is -2.11. The van der Waals surface area contributed by atoms with Crippen molar-refractivity contribution < 1.29 is 0 Å². The van der Waals surface area contributed by atoms with E-state index in [1.807, 2.05) is 28.5 Å². The third-order valence-electron chi connectivity index (χ3n) is 2.93. The van der Waals surface area contributed by atoms with Gasteiger partial charge in [-0.1, -0.05) is 0 Å². The zero-order chi connectivity index (χ0) is 13.8. The first-order chi connectivity index (χ1) is 9.83. The van der Waals surface area contributed by atoms with Crippen LogP contribution in [-0.4, -0.2) is 35.6 Å². The fourth-order valence-corrected chi connectivity index (χ4v) is 1.91. The molecule has 0 saturated heterocycles. The Bertz CT molecular complexity index is 672. The van der Waals surface area contributed by atoms with Crippen molar-refractivity contribution in [1.29, 1.82) is 0 Å². The lowest BCUT2D eigenvalue weighted by Gasteiger charge is -2.08. The highest BCUT2D eigenvalue weighted by Crippen LogP contribution is 2.09. The van der Waals surface area contributed by atoms with Gasteiger partial charge in [0.15, 0.2) is 5.82 Å². The molecule has 3 aromatic rings. The lowest BCUT2D eigenvalue weighted by atomic mass is 10.5. The SMILES string of the molecule is Cc1nccn1-c1cncc(NCCn2ccnc2)n1. The average molecular weight is 269 g/mol. The normalized spacial score (nSPS) is 10.7. The number of nitrogens with one attached hydrogen (secondary N) is 1. The van der Waals surface area contributed by atoms with Gasteiger partial charge in [-0.05, 0) is 6.92 Å². The van der Waals surface area contributed by atoms with Crippen LogP contribution in [0.5, 0.6) is 0 Å². The van der Waals surface area contributed by atoms with Crippen LogP contribution in [0.15, 0.2) is 43.5 Å². The van der Waals surface area contributed by atoms with Gasteiger partial charge in [-0.25, -0.2) is 15.0 Å². The van der Waals surface area contributed by atoms with Crippen LogP contribution in [0.3, 0.4) is 0 Å². The average Bonchev–Trinajstić information content (AvgIpc) is 3.11. The summed E-state index contributed by atoms with van der Waals surface area (Å²) in [6.45, 7) is 3.52. The summed E-state index contributed by atoms with van der Waals surface area (Å²) in [5.74, 6) is 2.39. The molecule has 0 fully saturated rings. The van der Waals surface area contributed by atoms with Gasteiger partial charge in [0.25, 0.3) is 0 Å². The molecule has 0 aliphatic rings. The Morgan fingerprint density at radius 3 is 2.85 bits per heavy atom. The molecule has 20 heavy (non-hydrogen) atoms. The maximum atomic E-state index is 4.52. The number of nitrogens with zero attached hydrogens (tertiary/aromatic N) is 6. The molecule has 0 atom stereocenters. The van der Waals surface area contributed by atoms with E-state index >= 15 is 0 Å². The second-order valence-corrected chi connectivity index (χ2v) is 4.33. The predicted molar refractivity (Wildman–Crippen MR) is 74.6 cm³/mol. The van der Waals surface area contributed by atoms with Crippen LogP contribution in [0, 0.1) is 6.92 Å². The minimum Gasteiger partial charge on any atom is -0.367 e. The molecule has 0 aromatic carbocycles. The van der Waals surface area contributed by atoms with Crippen LogP contribution in [-0.2, 0) is 6.54 Å². The first-order valence-corrected chi connectivity index (χ1v) is 6.35. The second-order valence-electron chi connectivity index (χ2n) is 4.33. The summed E-state index contributed by atoms with van der Waals surface area (Å²) >= 11 is 0. The molecule has 0 saturated carbocycles.